The molecule has 1 aromatic heterocycles. The van der Waals surface area contributed by atoms with Gasteiger partial charge in [0.25, 0.3) is 0 Å². The lowest BCUT2D eigenvalue weighted by atomic mass is 10.2. The van der Waals surface area contributed by atoms with E-state index in [4.69, 9.17) is 0 Å². The number of carbonyl (C=O) groups excluding carboxylic acids is 1. The molecule has 0 aliphatic carbocycles. The molecule has 0 atom stereocenters. The lowest BCUT2D eigenvalue weighted by molar-refractivity contribution is 0.0600. The molecule has 1 aromatic carbocycles. The second kappa shape index (κ2) is 5.47. The Kier molecular flexibility index (Phi) is 3.63. The van der Waals surface area contributed by atoms with Crippen LogP contribution in [-0.2, 0) is 27.8 Å². The van der Waals surface area contributed by atoms with Crippen molar-refractivity contribution in [3.05, 3.63) is 53.6 Å². The molecule has 1 aliphatic heterocycles. The Hall–Kier alpha value is -2.32. The van der Waals surface area contributed by atoms with Gasteiger partial charge < -0.3 is 4.74 Å². The molecule has 0 saturated carbocycles. The summed E-state index contributed by atoms with van der Waals surface area (Å²) in [5, 5.41) is 0. The van der Waals surface area contributed by atoms with Crippen LogP contribution < -0.4 is 0 Å². The molecule has 0 bridgehead atoms. The van der Waals surface area contributed by atoms with Crippen LogP contribution in [-0.4, -0.2) is 35.8 Å². The summed E-state index contributed by atoms with van der Waals surface area (Å²) in [6, 6.07) is 5.66. The van der Waals surface area contributed by atoms with Crippen LogP contribution in [0.4, 0.5) is 0 Å². The summed E-state index contributed by atoms with van der Waals surface area (Å²) in [7, 11) is -2.37. The van der Waals surface area contributed by atoms with E-state index in [9.17, 15) is 13.2 Å². The third-order valence-electron chi connectivity index (χ3n) is 3.47. The summed E-state index contributed by atoms with van der Waals surface area (Å²) in [5.74, 6) is -0.507. The molecule has 0 saturated heterocycles. The van der Waals surface area contributed by atoms with Crippen molar-refractivity contribution in [2.75, 3.05) is 7.11 Å². The van der Waals surface area contributed by atoms with Crippen molar-refractivity contribution in [3.8, 4) is 0 Å². The SMILES string of the molecule is COC(=O)c1ccc(S(=O)(=O)N2Cc3cncnc3C2)cc1. The smallest absolute Gasteiger partial charge is 0.337 e. The zero-order valence-corrected chi connectivity index (χ0v) is 12.6. The standard InChI is InChI=1S/C14H13N3O4S/c1-21-14(18)10-2-4-12(5-3-10)22(19,20)17-7-11-6-15-9-16-13(11)8-17/h2-6,9H,7-8H2,1H3. The average Bonchev–Trinajstić information content (AvgIpc) is 2.99. The second-order valence-electron chi connectivity index (χ2n) is 4.78. The molecule has 114 valence electrons. The van der Waals surface area contributed by atoms with Gasteiger partial charge in [-0.3, -0.25) is 0 Å². The van der Waals surface area contributed by atoms with Gasteiger partial charge in [0, 0.05) is 18.3 Å². The maximum absolute atomic E-state index is 12.6. The van der Waals surface area contributed by atoms with Gasteiger partial charge in [0.15, 0.2) is 0 Å². The number of nitrogens with zero attached hydrogens (tertiary/aromatic N) is 3. The fourth-order valence-corrected chi connectivity index (χ4v) is 3.65. The maximum Gasteiger partial charge on any atom is 0.337 e. The minimum atomic E-state index is -3.64. The van der Waals surface area contributed by atoms with Gasteiger partial charge in [-0.15, -0.1) is 0 Å². The van der Waals surface area contributed by atoms with Gasteiger partial charge >= 0.3 is 5.97 Å². The third kappa shape index (κ3) is 2.46. The second-order valence-corrected chi connectivity index (χ2v) is 6.72. The van der Waals surface area contributed by atoms with Gasteiger partial charge in [0.05, 0.1) is 29.8 Å². The molecule has 0 spiro atoms. The largest absolute Gasteiger partial charge is 0.465 e. The fourth-order valence-electron chi connectivity index (χ4n) is 2.27. The van der Waals surface area contributed by atoms with Crippen molar-refractivity contribution in [1.82, 2.24) is 14.3 Å². The number of aromatic nitrogens is 2. The Morgan fingerprint density at radius 3 is 2.59 bits per heavy atom. The third-order valence-corrected chi connectivity index (χ3v) is 5.27. The van der Waals surface area contributed by atoms with Crippen LogP contribution in [0.1, 0.15) is 21.6 Å². The highest BCUT2D eigenvalue weighted by Gasteiger charge is 2.31. The Balaban J connectivity index is 1.87. The van der Waals surface area contributed by atoms with Crippen molar-refractivity contribution in [3.63, 3.8) is 0 Å². The molecule has 0 unspecified atom stereocenters. The highest BCUT2D eigenvalue weighted by atomic mass is 32.2. The first-order valence-electron chi connectivity index (χ1n) is 6.48. The molecule has 2 aromatic rings. The van der Waals surface area contributed by atoms with E-state index in [-0.39, 0.29) is 18.0 Å². The lowest BCUT2D eigenvalue weighted by Crippen LogP contribution is -2.25. The quantitative estimate of drug-likeness (QED) is 0.783. The first kappa shape index (κ1) is 14.6. The summed E-state index contributed by atoms with van der Waals surface area (Å²) in [4.78, 5) is 19.5. The molecule has 0 N–H and O–H groups in total. The molecule has 22 heavy (non-hydrogen) atoms. The van der Waals surface area contributed by atoms with Crippen LogP contribution in [0.15, 0.2) is 41.7 Å². The molecule has 8 heteroatoms. The maximum atomic E-state index is 12.6. The van der Waals surface area contributed by atoms with Crippen molar-refractivity contribution in [1.29, 1.82) is 0 Å². The van der Waals surface area contributed by atoms with Crippen LogP contribution in [0.5, 0.6) is 0 Å². The molecule has 7 nitrogen and oxygen atoms in total. The van der Waals surface area contributed by atoms with Crippen LogP contribution in [0.2, 0.25) is 0 Å². The van der Waals surface area contributed by atoms with E-state index in [0.29, 0.717) is 11.3 Å². The van der Waals surface area contributed by atoms with Crippen molar-refractivity contribution in [2.24, 2.45) is 0 Å². The van der Waals surface area contributed by atoms with E-state index in [0.717, 1.165) is 5.56 Å². The molecular formula is C14H13N3O4S. The Morgan fingerprint density at radius 1 is 1.23 bits per heavy atom. The molecular weight excluding hydrogens is 306 g/mol. The molecule has 3 rings (SSSR count). The summed E-state index contributed by atoms with van der Waals surface area (Å²) < 4.78 is 31.2. The summed E-state index contributed by atoms with van der Waals surface area (Å²) in [6.07, 6.45) is 3.03. The van der Waals surface area contributed by atoms with Gasteiger partial charge in [-0.1, -0.05) is 0 Å². The predicted octanol–water partition coefficient (Wildman–Crippen LogP) is 0.968. The van der Waals surface area contributed by atoms with E-state index in [1.54, 1.807) is 6.20 Å². The number of rotatable bonds is 3. The molecule has 1 aliphatic rings. The van der Waals surface area contributed by atoms with Crippen molar-refractivity contribution >= 4 is 16.0 Å². The van der Waals surface area contributed by atoms with Crippen LogP contribution in [0.25, 0.3) is 0 Å². The summed E-state index contributed by atoms with van der Waals surface area (Å²) in [5.41, 5.74) is 1.82. The Morgan fingerprint density at radius 2 is 1.95 bits per heavy atom. The fraction of sp³-hybridized carbons (Fsp3) is 0.214. The lowest BCUT2D eigenvalue weighted by Gasteiger charge is -2.15. The first-order chi connectivity index (χ1) is 10.5. The van der Waals surface area contributed by atoms with Crippen LogP contribution in [0.3, 0.4) is 0 Å². The Bertz CT molecular complexity index is 793. The topological polar surface area (TPSA) is 89.5 Å². The summed E-state index contributed by atoms with van der Waals surface area (Å²) in [6.45, 7) is 0.468. The van der Waals surface area contributed by atoms with Crippen LogP contribution >= 0.6 is 0 Å². The molecule has 2 heterocycles. The van der Waals surface area contributed by atoms with Crippen molar-refractivity contribution < 1.29 is 17.9 Å². The van der Waals surface area contributed by atoms with Crippen molar-refractivity contribution in [2.45, 2.75) is 18.0 Å². The van der Waals surface area contributed by atoms with Crippen LogP contribution in [0, 0.1) is 0 Å². The highest BCUT2D eigenvalue weighted by molar-refractivity contribution is 7.89. The molecule has 0 radical (unpaired) electrons. The first-order valence-corrected chi connectivity index (χ1v) is 7.92. The number of esters is 1. The predicted molar refractivity (Wildman–Crippen MR) is 76.2 cm³/mol. The number of benzene rings is 1. The van der Waals surface area contributed by atoms with Gasteiger partial charge in [-0.05, 0) is 24.3 Å². The number of ether oxygens (including phenoxy) is 1. The Labute approximate surface area is 127 Å². The number of carbonyl (C=O) groups is 1. The van der Waals surface area contributed by atoms with E-state index < -0.39 is 16.0 Å². The monoisotopic (exact) mass is 319 g/mol. The minimum Gasteiger partial charge on any atom is -0.465 e. The van der Waals surface area contributed by atoms with E-state index >= 15 is 0 Å². The molecule has 0 amide bonds. The van der Waals surface area contributed by atoms with E-state index in [2.05, 4.69) is 14.7 Å². The number of hydrogen-bond acceptors (Lipinski definition) is 6. The number of fused-ring (bicyclic) bond motifs is 1. The van der Waals surface area contributed by atoms with Gasteiger partial charge in [-0.25, -0.2) is 23.2 Å². The van der Waals surface area contributed by atoms with E-state index in [1.165, 1.54) is 42.0 Å². The number of hydrogen-bond donors (Lipinski definition) is 0. The van der Waals surface area contributed by atoms with Gasteiger partial charge in [0.2, 0.25) is 10.0 Å². The zero-order chi connectivity index (χ0) is 15.7. The molecule has 0 fully saturated rings. The zero-order valence-electron chi connectivity index (χ0n) is 11.8. The van der Waals surface area contributed by atoms with Gasteiger partial charge in [-0.2, -0.15) is 4.31 Å². The van der Waals surface area contributed by atoms with E-state index in [1.807, 2.05) is 0 Å². The van der Waals surface area contributed by atoms with Gasteiger partial charge in [0.1, 0.15) is 6.33 Å². The summed E-state index contributed by atoms with van der Waals surface area (Å²) >= 11 is 0. The number of sulfonamides is 1. The highest BCUT2D eigenvalue weighted by Crippen LogP contribution is 2.26. The number of methoxy groups -OCH3 is 1. The normalized spacial score (nSPS) is 14.6. The average molecular weight is 319 g/mol. The minimum absolute atomic E-state index is 0.126.